The normalized spacial score (nSPS) is 33.0. The first-order chi connectivity index (χ1) is 5.16. The summed E-state index contributed by atoms with van der Waals surface area (Å²) in [5, 5.41) is 3.19. The van der Waals surface area contributed by atoms with Gasteiger partial charge in [-0.25, -0.2) is 0 Å². The maximum Gasteiger partial charge on any atom is 0.0142 e. The third-order valence-corrected chi connectivity index (χ3v) is 2.86. The minimum atomic E-state index is 0.505. The summed E-state index contributed by atoms with van der Waals surface area (Å²) < 4.78 is 2.12. The molecule has 0 aliphatic carbocycles. The number of hydrogen-bond donors (Lipinski definition) is 2. The highest BCUT2D eigenvalue weighted by atomic mass is 32.1. The molecule has 0 aromatic rings. The Bertz CT molecular complexity index is 129. The van der Waals surface area contributed by atoms with Gasteiger partial charge in [-0.1, -0.05) is 19.7 Å². The monoisotopic (exact) mass is 174 g/mol. The van der Waals surface area contributed by atoms with Crippen molar-refractivity contribution < 1.29 is 0 Å². The lowest BCUT2D eigenvalue weighted by Crippen LogP contribution is -2.24. The predicted molar refractivity (Wildman–Crippen MR) is 51.8 cm³/mol. The van der Waals surface area contributed by atoms with Gasteiger partial charge in [-0.2, -0.15) is 0 Å². The molecule has 0 amide bonds. The third-order valence-electron chi connectivity index (χ3n) is 2.52. The first-order valence-electron chi connectivity index (χ1n) is 4.25. The van der Waals surface area contributed by atoms with E-state index < -0.39 is 0 Å². The van der Waals surface area contributed by atoms with E-state index in [1.165, 1.54) is 12.8 Å². The van der Waals surface area contributed by atoms with E-state index in [-0.39, 0.29) is 0 Å². The van der Waals surface area contributed by atoms with E-state index in [9.17, 15) is 0 Å². The van der Waals surface area contributed by atoms with E-state index >= 15 is 0 Å². The van der Waals surface area contributed by atoms with Gasteiger partial charge in [0.25, 0.3) is 0 Å². The van der Waals surface area contributed by atoms with Crippen LogP contribution in [0, 0.1) is 5.41 Å². The second-order valence-electron chi connectivity index (χ2n) is 3.80. The SMILES string of the molecule is CNCCC1(C)CCN(S)C1. The van der Waals surface area contributed by atoms with Crippen LogP contribution in [-0.4, -0.2) is 31.0 Å². The van der Waals surface area contributed by atoms with Gasteiger partial charge in [0.1, 0.15) is 0 Å². The molecular weight excluding hydrogens is 156 g/mol. The average molecular weight is 174 g/mol. The molecule has 0 spiro atoms. The zero-order chi connectivity index (χ0) is 8.32. The second kappa shape index (κ2) is 3.78. The standard InChI is InChI=1S/C8H18N2S/c1-8(3-5-9-2)4-6-10(11)7-8/h9,11H,3-7H2,1-2H3. The number of nitrogens with one attached hydrogen (secondary N) is 1. The molecule has 1 fully saturated rings. The van der Waals surface area contributed by atoms with Crippen LogP contribution in [0.4, 0.5) is 0 Å². The smallest absolute Gasteiger partial charge is 0.0142 e. The molecule has 1 N–H and O–H groups in total. The Kier molecular flexibility index (Phi) is 3.22. The van der Waals surface area contributed by atoms with Crippen LogP contribution in [0.5, 0.6) is 0 Å². The molecule has 11 heavy (non-hydrogen) atoms. The number of thiol groups is 1. The second-order valence-corrected chi connectivity index (χ2v) is 4.37. The summed E-state index contributed by atoms with van der Waals surface area (Å²) in [5.41, 5.74) is 0.505. The molecular formula is C8H18N2S. The molecule has 1 aliphatic heterocycles. The largest absolute Gasteiger partial charge is 0.320 e. The first kappa shape index (κ1) is 9.36. The molecule has 1 aliphatic rings. The molecule has 0 aromatic heterocycles. The van der Waals surface area contributed by atoms with Crippen molar-refractivity contribution in [2.24, 2.45) is 5.41 Å². The van der Waals surface area contributed by atoms with Crippen molar-refractivity contribution in [3.8, 4) is 0 Å². The number of hydrogen-bond acceptors (Lipinski definition) is 3. The predicted octanol–water partition coefficient (Wildman–Crippen LogP) is 1.15. The lowest BCUT2D eigenvalue weighted by atomic mass is 9.86. The fourth-order valence-electron chi connectivity index (χ4n) is 1.63. The Morgan fingerprint density at radius 2 is 2.36 bits per heavy atom. The molecule has 0 aromatic carbocycles. The zero-order valence-electron chi connectivity index (χ0n) is 7.43. The summed E-state index contributed by atoms with van der Waals surface area (Å²) in [6.45, 7) is 5.75. The fraction of sp³-hybridized carbons (Fsp3) is 1.00. The van der Waals surface area contributed by atoms with Gasteiger partial charge in [-0.05, 0) is 31.8 Å². The van der Waals surface area contributed by atoms with Crippen LogP contribution in [0.15, 0.2) is 0 Å². The third kappa shape index (κ3) is 2.65. The van der Waals surface area contributed by atoms with Crippen molar-refractivity contribution in [1.82, 2.24) is 9.62 Å². The molecule has 66 valence electrons. The highest BCUT2D eigenvalue weighted by Crippen LogP contribution is 2.33. The van der Waals surface area contributed by atoms with Crippen LogP contribution in [0.25, 0.3) is 0 Å². The minimum Gasteiger partial charge on any atom is -0.320 e. The molecule has 1 atom stereocenters. The van der Waals surface area contributed by atoms with Crippen LogP contribution >= 0.6 is 12.8 Å². The van der Waals surface area contributed by atoms with Crippen LogP contribution in [-0.2, 0) is 0 Å². The highest BCUT2D eigenvalue weighted by Gasteiger charge is 2.31. The van der Waals surface area contributed by atoms with Crippen molar-refractivity contribution in [3.63, 3.8) is 0 Å². The lowest BCUT2D eigenvalue weighted by Gasteiger charge is -2.22. The van der Waals surface area contributed by atoms with Gasteiger partial charge >= 0.3 is 0 Å². The molecule has 2 nitrogen and oxygen atoms in total. The van der Waals surface area contributed by atoms with E-state index in [0.717, 1.165) is 19.6 Å². The van der Waals surface area contributed by atoms with Crippen LogP contribution in [0.2, 0.25) is 0 Å². The van der Waals surface area contributed by atoms with Gasteiger partial charge in [0.15, 0.2) is 0 Å². The van der Waals surface area contributed by atoms with E-state index in [2.05, 4.69) is 29.4 Å². The Hall–Kier alpha value is 0.270. The number of rotatable bonds is 3. The highest BCUT2D eigenvalue weighted by molar-refractivity contribution is 7.77. The average Bonchev–Trinajstić information content (AvgIpc) is 2.28. The topological polar surface area (TPSA) is 15.3 Å². The lowest BCUT2D eigenvalue weighted by molar-refractivity contribution is 0.317. The van der Waals surface area contributed by atoms with E-state index in [4.69, 9.17) is 0 Å². The van der Waals surface area contributed by atoms with Gasteiger partial charge < -0.3 is 5.32 Å². The quantitative estimate of drug-likeness (QED) is 0.624. The summed E-state index contributed by atoms with van der Waals surface area (Å²) in [7, 11) is 2.01. The molecule has 1 heterocycles. The van der Waals surface area contributed by atoms with Crippen molar-refractivity contribution in [2.75, 3.05) is 26.7 Å². The Labute approximate surface area is 74.9 Å². The molecule has 3 heteroatoms. The summed E-state index contributed by atoms with van der Waals surface area (Å²) in [4.78, 5) is 0. The first-order valence-corrected chi connectivity index (χ1v) is 4.65. The van der Waals surface area contributed by atoms with Crippen molar-refractivity contribution in [1.29, 1.82) is 0 Å². The van der Waals surface area contributed by atoms with Crippen LogP contribution in [0.3, 0.4) is 0 Å². The number of nitrogens with zero attached hydrogens (tertiary/aromatic N) is 1. The van der Waals surface area contributed by atoms with Gasteiger partial charge in [0.05, 0.1) is 0 Å². The van der Waals surface area contributed by atoms with E-state index in [0.29, 0.717) is 5.41 Å². The summed E-state index contributed by atoms with van der Waals surface area (Å²) in [5.74, 6) is 0. The minimum absolute atomic E-state index is 0.505. The van der Waals surface area contributed by atoms with Gasteiger partial charge in [0, 0.05) is 13.1 Å². The van der Waals surface area contributed by atoms with Crippen molar-refractivity contribution in [2.45, 2.75) is 19.8 Å². The fourth-order valence-corrected chi connectivity index (χ4v) is 2.07. The maximum absolute atomic E-state index is 4.34. The van der Waals surface area contributed by atoms with Crippen LogP contribution < -0.4 is 5.32 Å². The van der Waals surface area contributed by atoms with Crippen molar-refractivity contribution in [3.05, 3.63) is 0 Å². The Balaban J connectivity index is 2.29. The molecule has 0 bridgehead atoms. The molecule has 0 radical (unpaired) electrons. The Morgan fingerprint density at radius 1 is 1.64 bits per heavy atom. The van der Waals surface area contributed by atoms with Crippen LogP contribution in [0.1, 0.15) is 19.8 Å². The molecule has 1 rings (SSSR count). The molecule has 1 unspecified atom stereocenters. The molecule has 0 saturated carbocycles. The summed E-state index contributed by atoms with van der Waals surface area (Å²) in [6.07, 6.45) is 2.55. The zero-order valence-corrected chi connectivity index (χ0v) is 8.32. The van der Waals surface area contributed by atoms with Crippen molar-refractivity contribution >= 4 is 12.8 Å². The Morgan fingerprint density at radius 3 is 2.82 bits per heavy atom. The van der Waals surface area contributed by atoms with Gasteiger partial charge in [-0.3, -0.25) is 4.31 Å². The maximum atomic E-state index is 4.34. The summed E-state index contributed by atoms with van der Waals surface area (Å²) >= 11 is 4.34. The van der Waals surface area contributed by atoms with Gasteiger partial charge in [0.2, 0.25) is 0 Å². The summed E-state index contributed by atoms with van der Waals surface area (Å²) in [6, 6.07) is 0. The van der Waals surface area contributed by atoms with E-state index in [1.807, 2.05) is 7.05 Å². The van der Waals surface area contributed by atoms with Gasteiger partial charge in [-0.15, -0.1) is 0 Å². The molecule has 1 saturated heterocycles. The van der Waals surface area contributed by atoms with E-state index in [1.54, 1.807) is 0 Å².